The molecule has 0 aliphatic heterocycles. The number of halogens is 2. The molecule has 1 aromatic carbocycles. The maximum Gasteiger partial charge on any atom is 0.144 e. The van der Waals surface area contributed by atoms with Crippen molar-refractivity contribution in [1.29, 1.82) is 0 Å². The number of Topliss-reactive ketones (excluding diaryl/α,β-unsaturated/α-hetero) is 1. The normalized spacial score (nSPS) is 11.6. The highest BCUT2D eigenvalue weighted by Crippen LogP contribution is 2.20. The molecule has 0 fully saturated rings. The maximum absolute atomic E-state index is 13.1. The van der Waals surface area contributed by atoms with E-state index in [1.54, 1.807) is 19.9 Å². The summed E-state index contributed by atoms with van der Waals surface area (Å²) in [6.07, 6.45) is 0.179. The van der Waals surface area contributed by atoms with Crippen molar-refractivity contribution >= 4 is 17.4 Å². The lowest BCUT2D eigenvalue weighted by Crippen LogP contribution is -2.33. The molecular weight excluding hydrogens is 229 g/mol. The minimum Gasteiger partial charge on any atom is -0.329 e. The molecule has 88 valence electrons. The third-order valence-corrected chi connectivity index (χ3v) is 2.92. The summed E-state index contributed by atoms with van der Waals surface area (Å²) in [5, 5.41) is 0.0642. The Morgan fingerprint density at radius 2 is 2.12 bits per heavy atom. The van der Waals surface area contributed by atoms with Crippen molar-refractivity contribution in [1.82, 2.24) is 0 Å². The van der Waals surface area contributed by atoms with Gasteiger partial charge in [0.15, 0.2) is 0 Å². The van der Waals surface area contributed by atoms with Gasteiger partial charge < -0.3 is 5.73 Å². The fourth-order valence-corrected chi connectivity index (χ4v) is 1.31. The fraction of sp³-hybridized carbons (Fsp3) is 0.417. The van der Waals surface area contributed by atoms with Crippen LogP contribution in [-0.2, 0) is 11.2 Å². The van der Waals surface area contributed by atoms with Crippen LogP contribution >= 0.6 is 11.6 Å². The van der Waals surface area contributed by atoms with Gasteiger partial charge in [-0.3, -0.25) is 4.79 Å². The van der Waals surface area contributed by atoms with E-state index in [1.165, 1.54) is 12.1 Å². The average Bonchev–Trinajstić information content (AvgIpc) is 2.23. The van der Waals surface area contributed by atoms with E-state index in [2.05, 4.69) is 0 Å². The van der Waals surface area contributed by atoms with E-state index in [9.17, 15) is 9.18 Å². The lowest BCUT2D eigenvalue weighted by Gasteiger charge is -2.20. The van der Waals surface area contributed by atoms with Gasteiger partial charge in [0, 0.05) is 18.4 Å². The van der Waals surface area contributed by atoms with Gasteiger partial charge in [-0.05, 0) is 17.7 Å². The zero-order valence-corrected chi connectivity index (χ0v) is 10.1. The number of carbonyl (C=O) groups excluding carboxylic acids is 1. The van der Waals surface area contributed by atoms with E-state index >= 15 is 0 Å². The second-order valence-corrected chi connectivity index (χ2v) is 4.84. The van der Waals surface area contributed by atoms with Crippen molar-refractivity contribution in [3.63, 3.8) is 0 Å². The first-order valence-electron chi connectivity index (χ1n) is 5.04. The molecule has 0 bridgehead atoms. The van der Waals surface area contributed by atoms with Crippen molar-refractivity contribution in [2.24, 2.45) is 11.1 Å². The van der Waals surface area contributed by atoms with Gasteiger partial charge in [-0.1, -0.05) is 31.5 Å². The third-order valence-electron chi connectivity index (χ3n) is 2.61. The number of ketones is 1. The van der Waals surface area contributed by atoms with Crippen LogP contribution in [0.25, 0.3) is 0 Å². The van der Waals surface area contributed by atoms with E-state index in [1.807, 2.05) is 0 Å². The predicted molar refractivity (Wildman–Crippen MR) is 63.0 cm³/mol. The Kier molecular flexibility index (Phi) is 4.05. The minimum atomic E-state index is -0.573. The Morgan fingerprint density at radius 1 is 1.50 bits per heavy atom. The van der Waals surface area contributed by atoms with Crippen LogP contribution in [0.1, 0.15) is 19.4 Å². The average molecular weight is 244 g/mol. The molecule has 4 heteroatoms. The summed E-state index contributed by atoms with van der Waals surface area (Å²) in [4.78, 5) is 11.8. The predicted octanol–water partition coefficient (Wildman–Crippen LogP) is 2.58. The lowest BCUT2D eigenvalue weighted by atomic mass is 9.85. The molecule has 2 N–H and O–H groups in total. The summed E-state index contributed by atoms with van der Waals surface area (Å²) in [5.74, 6) is -0.505. The first-order chi connectivity index (χ1) is 7.36. The molecule has 0 aliphatic rings. The van der Waals surface area contributed by atoms with E-state index < -0.39 is 11.2 Å². The van der Waals surface area contributed by atoms with Crippen molar-refractivity contribution in [2.75, 3.05) is 6.54 Å². The molecule has 0 aromatic heterocycles. The topological polar surface area (TPSA) is 43.1 Å². The smallest absolute Gasteiger partial charge is 0.144 e. The largest absolute Gasteiger partial charge is 0.329 e. The molecule has 16 heavy (non-hydrogen) atoms. The van der Waals surface area contributed by atoms with Crippen LogP contribution in [0.15, 0.2) is 18.2 Å². The molecule has 0 amide bonds. The van der Waals surface area contributed by atoms with Gasteiger partial charge in [0.1, 0.15) is 11.6 Å². The third kappa shape index (κ3) is 3.03. The second-order valence-electron chi connectivity index (χ2n) is 4.44. The van der Waals surface area contributed by atoms with E-state index in [-0.39, 0.29) is 23.8 Å². The SMILES string of the molecule is CC(C)(CN)C(=O)Cc1ccc(Cl)c(F)c1. The summed E-state index contributed by atoms with van der Waals surface area (Å²) in [5.41, 5.74) is 5.54. The minimum absolute atomic E-state index is 0.00303. The summed E-state index contributed by atoms with van der Waals surface area (Å²) in [6, 6.07) is 4.39. The molecule has 2 nitrogen and oxygen atoms in total. The standard InChI is InChI=1S/C12H15ClFNO/c1-12(2,7-15)11(16)6-8-3-4-9(13)10(14)5-8/h3-5H,6-7,15H2,1-2H3. The Morgan fingerprint density at radius 3 is 2.62 bits per heavy atom. The summed E-state index contributed by atoms with van der Waals surface area (Å²) < 4.78 is 13.1. The summed E-state index contributed by atoms with van der Waals surface area (Å²) in [7, 11) is 0. The van der Waals surface area contributed by atoms with Crippen molar-refractivity contribution < 1.29 is 9.18 Å². The number of hydrogen-bond donors (Lipinski definition) is 1. The van der Waals surface area contributed by atoms with E-state index in [4.69, 9.17) is 17.3 Å². The summed E-state index contributed by atoms with van der Waals surface area (Å²) in [6.45, 7) is 3.84. The highest BCUT2D eigenvalue weighted by atomic mass is 35.5. The van der Waals surface area contributed by atoms with Crippen LogP contribution in [-0.4, -0.2) is 12.3 Å². The zero-order chi connectivity index (χ0) is 12.3. The molecule has 0 aliphatic carbocycles. The Bertz CT molecular complexity index is 404. The van der Waals surface area contributed by atoms with Gasteiger partial charge in [-0.25, -0.2) is 4.39 Å². The van der Waals surface area contributed by atoms with Gasteiger partial charge in [0.2, 0.25) is 0 Å². The highest BCUT2D eigenvalue weighted by molar-refractivity contribution is 6.30. The van der Waals surface area contributed by atoms with E-state index in [0.717, 1.165) is 0 Å². The second kappa shape index (κ2) is 4.93. The highest BCUT2D eigenvalue weighted by Gasteiger charge is 2.25. The van der Waals surface area contributed by atoms with Gasteiger partial charge in [0.05, 0.1) is 5.02 Å². The number of rotatable bonds is 4. The molecule has 0 unspecified atom stereocenters. The number of benzene rings is 1. The molecule has 0 saturated heterocycles. The van der Waals surface area contributed by atoms with Crippen LogP contribution in [0, 0.1) is 11.2 Å². The van der Waals surface area contributed by atoms with Crippen LogP contribution < -0.4 is 5.73 Å². The molecule has 1 rings (SSSR count). The molecule has 0 heterocycles. The molecule has 1 aromatic rings. The first kappa shape index (κ1) is 13.1. The molecule has 0 radical (unpaired) electrons. The number of nitrogens with two attached hydrogens (primary N) is 1. The van der Waals surface area contributed by atoms with E-state index in [0.29, 0.717) is 5.56 Å². The van der Waals surface area contributed by atoms with Crippen LogP contribution in [0.3, 0.4) is 0 Å². The maximum atomic E-state index is 13.1. The van der Waals surface area contributed by atoms with Crippen molar-refractivity contribution in [3.8, 4) is 0 Å². The van der Waals surface area contributed by atoms with Gasteiger partial charge in [-0.15, -0.1) is 0 Å². The first-order valence-corrected chi connectivity index (χ1v) is 5.42. The Hall–Kier alpha value is -0.930. The molecule has 0 saturated carbocycles. The molecular formula is C12H15ClFNO. The van der Waals surface area contributed by atoms with Gasteiger partial charge in [-0.2, -0.15) is 0 Å². The number of hydrogen-bond acceptors (Lipinski definition) is 2. The monoisotopic (exact) mass is 243 g/mol. The fourth-order valence-electron chi connectivity index (χ4n) is 1.19. The quantitative estimate of drug-likeness (QED) is 0.883. The van der Waals surface area contributed by atoms with Crippen LogP contribution in [0.5, 0.6) is 0 Å². The zero-order valence-electron chi connectivity index (χ0n) is 9.39. The Labute approximate surface area is 99.6 Å². The Balaban J connectivity index is 2.82. The molecule has 0 atom stereocenters. The molecule has 0 spiro atoms. The summed E-state index contributed by atoms with van der Waals surface area (Å²) >= 11 is 5.55. The van der Waals surface area contributed by atoms with Gasteiger partial charge in [0.25, 0.3) is 0 Å². The van der Waals surface area contributed by atoms with Crippen LogP contribution in [0.2, 0.25) is 5.02 Å². The van der Waals surface area contributed by atoms with Crippen LogP contribution in [0.4, 0.5) is 4.39 Å². The van der Waals surface area contributed by atoms with Crippen molar-refractivity contribution in [3.05, 3.63) is 34.6 Å². The lowest BCUT2D eigenvalue weighted by molar-refractivity contribution is -0.125. The van der Waals surface area contributed by atoms with Crippen molar-refractivity contribution in [2.45, 2.75) is 20.3 Å². The van der Waals surface area contributed by atoms with Gasteiger partial charge >= 0.3 is 0 Å². The number of carbonyl (C=O) groups is 1.